The van der Waals surface area contributed by atoms with E-state index in [0.29, 0.717) is 29.2 Å². The number of aromatic nitrogens is 1. The predicted molar refractivity (Wildman–Crippen MR) is 173 cm³/mol. The molecule has 0 saturated carbocycles. The molecule has 1 heterocycles. The molecule has 0 bridgehead atoms. The van der Waals surface area contributed by atoms with Gasteiger partial charge in [-0.2, -0.15) is 0 Å². The van der Waals surface area contributed by atoms with Gasteiger partial charge in [0.1, 0.15) is 23.8 Å². The van der Waals surface area contributed by atoms with Crippen molar-refractivity contribution >= 4 is 17.6 Å². The van der Waals surface area contributed by atoms with Crippen LogP contribution in [0.3, 0.4) is 0 Å². The second-order valence-corrected chi connectivity index (χ2v) is 11.2. The maximum absolute atomic E-state index is 12.6. The van der Waals surface area contributed by atoms with E-state index in [-0.39, 0.29) is 0 Å². The third-order valence-electron chi connectivity index (χ3n) is 7.34. The number of esters is 2. The van der Waals surface area contributed by atoms with Crippen LogP contribution in [-0.4, -0.2) is 32.6 Å². The van der Waals surface area contributed by atoms with E-state index in [4.69, 9.17) is 14.2 Å². The van der Waals surface area contributed by atoms with Crippen molar-refractivity contribution < 1.29 is 28.4 Å². The van der Waals surface area contributed by atoms with Gasteiger partial charge in [0.2, 0.25) is 0 Å². The highest BCUT2D eigenvalue weighted by atomic mass is 16.5. The van der Waals surface area contributed by atoms with Gasteiger partial charge >= 0.3 is 11.9 Å². The van der Waals surface area contributed by atoms with Crippen molar-refractivity contribution in [3.05, 3.63) is 114 Å². The van der Waals surface area contributed by atoms with E-state index in [9.17, 15) is 9.59 Å². The van der Waals surface area contributed by atoms with Gasteiger partial charge < -0.3 is 19.1 Å². The topological polar surface area (TPSA) is 68.9 Å². The Morgan fingerprint density at radius 1 is 0.591 bits per heavy atom. The van der Waals surface area contributed by atoms with Gasteiger partial charge in [-0.25, -0.2) is 14.2 Å². The summed E-state index contributed by atoms with van der Waals surface area (Å²) in [5.41, 5.74) is 3.19. The number of benzene rings is 3. The van der Waals surface area contributed by atoms with Crippen LogP contribution in [0.1, 0.15) is 71.2 Å². The van der Waals surface area contributed by atoms with Gasteiger partial charge in [0.25, 0.3) is 0 Å². The molecule has 1 aromatic heterocycles. The van der Waals surface area contributed by atoms with Crippen molar-refractivity contribution in [1.82, 2.24) is 0 Å². The quantitative estimate of drug-likeness (QED) is 0.0575. The summed E-state index contributed by atoms with van der Waals surface area (Å²) in [6.07, 6.45) is 12.7. The fraction of sp³-hybridized carbons (Fsp3) is 0.324. The van der Waals surface area contributed by atoms with Gasteiger partial charge in [-0.15, -0.1) is 0 Å². The van der Waals surface area contributed by atoms with Crippen molar-refractivity contribution in [2.45, 2.75) is 58.4 Å². The lowest BCUT2D eigenvalue weighted by Gasteiger charge is -2.10. The zero-order chi connectivity index (χ0) is 31.1. The first kappa shape index (κ1) is 32.3. The van der Waals surface area contributed by atoms with Crippen LogP contribution in [0.2, 0.25) is 0 Å². The normalized spacial score (nSPS) is 10.7. The Morgan fingerprint density at radius 2 is 1.05 bits per heavy atom. The van der Waals surface area contributed by atoms with Crippen molar-refractivity contribution in [3.8, 4) is 17.2 Å². The number of aryl methyl sites for hydroxylation is 2. The largest absolute Gasteiger partial charge is 0.494 e. The van der Waals surface area contributed by atoms with Gasteiger partial charge in [0.15, 0.2) is 12.4 Å². The zero-order valence-corrected chi connectivity index (χ0v) is 26.0. The highest BCUT2D eigenvalue weighted by Gasteiger charge is 2.11. The minimum atomic E-state index is -0.471. The minimum absolute atomic E-state index is 0.360. The van der Waals surface area contributed by atoms with Crippen LogP contribution in [0, 0.1) is 6.92 Å². The highest BCUT2D eigenvalue weighted by molar-refractivity contribution is 5.92. The lowest BCUT2D eigenvalue weighted by molar-refractivity contribution is -0.697. The molecule has 0 unspecified atom stereocenters. The van der Waals surface area contributed by atoms with E-state index >= 15 is 0 Å². The first-order chi connectivity index (χ1) is 21.4. The molecule has 4 rings (SSSR count). The molecule has 7 nitrogen and oxygen atoms in total. The number of rotatable bonds is 16. The van der Waals surface area contributed by atoms with Crippen LogP contribution in [0.15, 0.2) is 97.3 Å². The van der Waals surface area contributed by atoms with Crippen LogP contribution in [0.25, 0.3) is 0 Å². The number of pyridine rings is 1. The van der Waals surface area contributed by atoms with E-state index in [1.807, 2.05) is 19.1 Å². The highest BCUT2D eigenvalue weighted by Crippen LogP contribution is 2.21. The number of unbranched alkanes of at least 4 members (excludes halogenated alkanes) is 6. The van der Waals surface area contributed by atoms with Crippen molar-refractivity contribution in [2.75, 3.05) is 25.6 Å². The molecule has 3 aromatic carbocycles. The van der Waals surface area contributed by atoms with Crippen LogP contribution < -0.4 is 23.7 Å². The Morgan fingerprint density at radius 3 is 1.57 bits per heavy atom. The van der Waals surface area contributed by atoms with Gasteiger partial charge in [-0.05, 0) is 80.4 Å². The molecule has 0 atom stereocenters. The molecule has 0 aliphatic rings. The Bertz CT molecular complexity index is 1450. The van der Waals surface area contributed by atoms with Crippen LogP contribution in [0.4, 0.5) is 5.69 Å². The molecular formula is C37H43N2O5+. The third-order valence-corrected chi connectivity index (χ3v) is 7.34. The van der Waals surface area contributed by atoms with Gasteiger partial charge in [-0.1, -0.05) is 43.4 Å². The molecule has 0 radical (unpaired) electrons. The van der Waals surface area contributed by atoms with Crippen LogP contribution in [-0.2, 0) is 6.54 Å². The Kier molecular flexibility index (Phi) is 12.4. The summed E-state index contributed by atoms with van der Waals surface area (Å²) >= 11 is 0. The molecule has 4 aromatic rings. The number of anilines is 1. The second kappa shape index (κ2) is 16.8. The van der Waals surface area contributed by atoms with Gasteiger partial charge in [0.05, 0.1) is 17.7 Å². The summed E-state index contributed by atoms with van der Waals surface area (Å²) in [6.45, 7) is 3.68. The van der Waals surface area contributed by atoms with Crippen molar-refractivity contribution in [3.63, 3.8) is 0 Å². The third kappa shape index (κ3) is 10.6. The summed E-state index contributed by atoms with van der Waals surface area (Å²) in [5.74, 6) is 0.549. The lowest BCUT2D eigenvalue weighted by atomic mass is 10.1. The number of hydrogen-bond acceptors (Lipinski definition) is 6. The molecule has 0 amide bonds. The average molecular weight is 596 g/mol. The molecular weight excluding hydrogens is 552 g/mol. The molecule has 0 aliphatic heterocycles. The monoisotopic (exact) mass is 595 g/mol. The van der Waals surface area contributed by atoms with E-state index in [0.717, 1.165) is 30.7 Å². The Balaban J connectivity index is 1.06. The van der Waals surface area contributed by atoms with E-state index in [1.165, 1.54) is 37.8 Å². The molecule has 0 spiro atoms. The summed E-state index contributed by atoms with van der Waals surface area (Å²) in [4.78, 5) is 27.0. The second-order valence-electron chi connectivity index (χ2n) is 11.2. The maximum Gasteiger partial charge on any atom is 0.343 e. The summed E-state index contributed by atoms with van der Waals surface area (Å²) < 4.78 is 19.0. The van der Waals surface area contributed by atoms with E-state index in [2.05, 4.69) is 48.1 Å². The molecule has 7 heteroatoms. The lowest BCUT2D eigenvalue weighted by Crippen LogP contribution is -2.32. The molecule has 0 fully saturated rings. The smallest absolute Gasteiger partial charge is 0.343 e. The fourth-order valence-corrected chi connectivity index (χ4v) is 4.65. The summed E-state index contributed by atoms with van der Waals surface area (Å²) in [5, 5.41) is 0. The summed E-state index contributed by atoms with van der Waals surface area (Å²) in [6, 6.07) is 24.8. The zero-order valence-electron chi connectivity index (χ0n) is 26.0. The fourth-order valence-electron chi connectivity index (χ4n) is 4.65. The van der Waals surface area contributed by atoms with E-state index < -0.39 is 11.9 Å². The van der Waals surface area contributed by atoms with Crippen LogP contribution >= 0.6 is 0 Å². The first-order valence-corrected chi connectivity index (χ1v) is 15.4. The molecule has 230 valence electrons. The first-order valence-electron chi connectivity index (χ1n) is 15.4. The maximum atomic E-state index is 12.6. The number of carbonyl (C=O) groups is 2. The SMILES string of the molecule is Cc1ccc(C(=O)Oc2ccc(OC(=O)c3ccc(OCCCCCCCCC[n+]4ccc(N(C)C)cc4)cc3)cc2)cc1. The Labute approximate surface area is 261 Å². The molecule has 44 heavy (non-hydrogen) atoms. The van der Waals surface area contributed by atoms with Gasteiger partial charge in [0, 0.05) is 38.3 Å². The van der Waals surface area contributed by atoms with Gasteiger partial charge in [-0.3, -0.25) is 0 Å². The molecule has 0 N–H and O–H groups in total. The average Bonchev–Trinajstić information content (AvgIpc) is 3.03. The molecule has 0 aliphatic carbocycles. The van der Waals surface area contributed by atoms with Crippen LogP contribution in [0.5, 0.6) is 17.2 Å². The van der Waals surface area contributed by atoms with Crippen molar-refractivity contribution in [2.24, 2.45) is 0 Å². The Hall–Kier alpha value is -4.65. The number of hydrogen-bond donors (Lipinski definition) is 0. The summed E-state index contributed by atoms with van der Waals surface area (Å²) in [7, 11) is 4.12. The predicted octanol–water partition coefficient (Wildman–Crippen LogP) is 7.60. The van der Waals surface area contributed by atoms with E-state index in [1.54, 1.807) is 60.7 Å². The standard InChI is InChI=1S/C37H43N2O5/c1-29-11-13-30(14-12-29)36(40)43-34-19-21-35(22-20-34)44-37(41)31-15-17-33(18-16-31)42-28-10-8-6-4-5-7-9-25-39-26-23-32(24-27-39)38(2)3/h11-24,26-27H,4-10,25,28H2,1-3H3/q+1. The number of ether oxygens (including phenoxy) is 3. The minimum Gasteiger partial charge on any atom is -0.494 e. The van der Waals surface area contributed by atoms with Crippen molar-refractivity contribution in [1.29, 1.82) is 0 Å². The molecule has 0 saturated heterocycles. The number of nitrogens with zero attached hydrogens (tertiary/aromatic N) is 2. The number of carbonyl (C=O) groups excluding carboxylic acids is 2.